The first-order valence-corrected chi connectivity index (χ1v) is 15.5. The fraction of sp³-hybridized carbons (Fsp3) is 0.172. The van der Waals surface area contributed by atoms with Gasteiger partial charge in [-0.05, 0) is 54.6 Å². The minimum Gasteiger partial charge on any atom is -0.497 e. The van der Waals surface area contributed by atoms with E-state index >= 15 is 0 Å². The molecule has 0 saturated carbocycles. The lowest BCUT2D eigenvalue weighted by Crippen LogP contribution is -2.32. The smallest absolute Gasteiger partial charge is 0.305 e. The Labute approximate surface area is 265 Å². The number of methoxy groups -OCH3 is 1. The van der Waals surface area contributed by atoms with Gasteiger partial charge in [-0.25, -0.2) is 4.90 Å². The average molecular weight is 698 g/mol. The van der Waals surface area contributed by atoms with Crippen LogP contribution in [-0.4, -0.2) is 46.6 Å². The van der Waals surface area contributed by atoms with Crippen LogP contribution in [0.3, 0.4) is 0 Å². The van der Waals surface area contributed by atoms with Gasteiger partial charge in [0.05, 0.1) is 28.7 Å². The number of hydrogen-bond acceptors (Lipinski definition) is 10. The highest BCUT2D eigenvalue weighted by molar-refractivity contribution is 9.10. The SMILES string of the molecule is COc1ccc(NC(=O)COc2ccc(Br)cc2C2c3sc(=O)[nH]c3SC3C(=O)N(c4ccc([N+](=O)[O-])cc4)C(=O)C32)cc1. The molecule has 6 rings (SSSR count). The van der Waals surface area contributed by atoms with Crippen molar-refractivity contribution in [3.05, 3.63) is 101 Å². The Morgan fingerprint density at radius 1 is 1.07 bits per heavy atom. The second-order valence-corrected chi connectivity index (χ2v) is 12.9. The lowest BCUT2D eigenvalue weighted by atomic mass is 9.82. The number of benzene rings is 3. The second-order valence-electron chi connectivity index (χ2n) is 9.78. The summed E-state index contributed by atoms with van der Waals surface area (Å²) in [6.45, 7) is -0.353. The number of aromatic nitrogens is 1. The first kappa shape index (κ1) is 29.6. The van der Waals surface area contributed by atoms with E-state index in [0.29, 0.717) is 37.1 Å². The van der Waals surface area contributed by atoms with Crippen molar-refractivity contribution in [1.82, 2.24) is 4.98 Å². The van der Waals surface area contributed by atoms with Crippen molar-refractivity contribution in [2.24, 2.45) is 5.92 Å². The van der Waals surface area contributed by atoms with Crippen LogP contribution in [-0.2, 0) is 14.4 Å². The van der Waals surface area contributed by atoms with Gasteiger partial charge in [-0.1, -0.05) is 39.0 Å². The van der Waals surface area contributed by atoms with Gasteiger partial charge < -0.3 is 19.8 Å². The summed E-state index contributed by atoms with van der Waals surface area (Å²) < 4.78 is 11.8. The molecule has 4 aromatic rings. The van der Waals surface area contributed by atoms with Crippen LogP contribution in [0.15, 0.2) is 81.0 Å². The number of aromatic amines is 1. The Morgan fingerprint density at radius 2 is 1.80 bits per heavy atom. The van der Waals surface area contributed by atoms with E-state index in [2.05, 4.69) is 26.2 Å². The zero-order chi connectivity index (χ0) is 31.1. The molecule has 15 heteroatoms. The van der Waals surface area contributed by atoms with Crippen molar-refractivity contribution in [2.45, 2.75) is 16.2 Å². The molecule has 0 aliphatic carbocycles. The third-order valence-corrected chi connectivity index (χ3v) is 10.1. The number of nitro benzene ring substituents is 1. The van der Waals surface area contributed by atoms with Gasteiger partial charge in [0.1, 0.15) is 16.7 Å². The molecule has 44 heavy (non-hydrogen) atoms. The van der Waals surface area contributed by atoms with Gasteiger partial charge in [-0.2, -0.15) is 0 Å². The van der Waals surface area contributed by atoms with E-state index in [4.69, 9.17) is 9.47 Å². The number of nitro groups is 1. The van der Waals surface area contributed by atoms with Gasteiger partial charge in [0.15, 0.2) is 6.61 Å². The lowest BCUT2D eigenvalue weighted by Gasteiger charge is -2.31. The summed E-state index contributed by atoms with van der Waals surface area (Å²) >= 11 is 5.53. The molecule has 3 atom stereocenters. The number of rotatable bonds is 8. The molecule has 1 fully saturated rings. The van der Waals surface area contributed by atoms with Crippen molar-refractivity contribution in [1.29, 1.82) is 0 Å². The largest absolute Gasteiger partial charge is 0.497 e. The Hall–Kier alpha value is -4.47. The predicted octanol–water partition coefficient (Wildman–Crippen LogP) is 4.93. The van der Waals surface area contributed by atoms with E-state index < -0.39 is 39.7 Å². The van der Waals surface area contributed by atoms with E-state index in [1.807, 2.05) is 0 Å². The van der Waals surface area contributed by atoms with Crippen molar-refractivity contribution in [2.75, 3.05) is 23.9 Å². The Bertz CT molecular complexity index is 1860. The van der Waals surface area contributed by atoms with Crippen molar-refractivity contribution in [3.8, 4) is 11.5 Å². The second kappa shape index (κ2) is 11.9. The zero-order valence-electron chi connectivity index (χ0n) is 22.6. The predicted molar refractivity (Wildman–Crippen MR) is 167 cm³/mol. The maximum Gasteiger partial charge on any atom is 0.305 e. The summed E-state index contributed by atoms with van der Waals surface area (Å²) in [5.41, 5.74) is 1.09. The summed E-state index contributed by atoms with van der Waals surface area (Å²) in [4.78, 5) is 67.6. The van der Waals surface area contributed by atoms with E-state index in [0.717, 1.165) is 28.0 Å². The van der Waals surface area contributed by atoms with Crippen LogP contribution in [0.5, 0.6) is 11.5 Å². The van der Waals surface area contributed by atoms with Gasteiger partial charge in [0.25, 0.3) is 11.6 Å². The number of imide groups is 1. The first-order chi connectivity index (χ1) is 21.1. The molecule has 2 aliphatic heterocycles. The number of halogens is 1. The lowest BCUT2D eigenvalue weighted by molar-refractivity contribution is -0.384. The molecule has 3 aromatic carbocycles. The Kier molecular flexibility index (Phi) is 8.00. The molecule has 2 N–H and O–H groups in total. The maximum atomic E-state index is 14.0. The van der Waals surface area contributed by atoms with Gasteiger partial charge >= 0.3 is 4.87 Å². The summed E-state index contributed by atoms with van der Waals surface area (Å²) in [5.74, 6) is -2.19. The number of carbonyl (C=O) groups excluding carboxylic acids is 3. The number of thiazole rings is 1. The number of nitrogens with zero attached hydrogens (tertiary/aromatic N) is 2. The van der Waals surface area contributed by atoms with Crippen LogP contribution in [0, 0.1) is 16.0 Å². The summed E-state index contributed by atoms with van der Waals surface area (Å²) in [6, 6.07) is 17.1. The minimum absolute atomic E-state index is 0.177. The molecule has 0 bridgehead atoms. The zero-order valence-corrected chi connectivity index (χ0v) is 25.9. The normalized spacial score (nSPS) is 18.9. The third kappa shape index (κ3) is 5.49. The van der Waals surface area contributed by atoms with Gasteiger partial charge in [0, 0.05) is 38.7 Å². The van der Waals surface area contributed by atoms with E-state index in [1.165, 1.54) is 24.3 Å². The number of anilines is 2. The summed E-state index contributed by atoms with van der Waals surface area (Å²) in [5, 5.41) is 13.5. The quantitative estimate of drug-likeness (QED) is 0.148. The van der Waals surface area contributed by atoms with Crippen LogP contribution in [0.2, 0.25) is 0 Å². The number of H-pyrrole nitrogens is 1. The molecule has 3 amide bonds. The van der Waals surface area contributed by atoms with Gasteiger partial charge in [-0.15, -0.1) is 0 Å². The number of thioether (sulfide) groups is 1. The van der Waals surface area contributed by atoms with E-state index in [9.17, 15) is 29.3 Å². The average Bonchev–Trinajstić information content (AvgIpc) is 3.50. The molecule has 3 heterocycles. The number of ether oxygens (including phenoxy) is 2. The fourth-order valence-corrected chi connectivity index (χ4v) is 8.12. The van der Waals surface area contributed by atoms with Crippen molar-refractivity contribution >= 4 is 73.8 Å². The molecule has 2 aliphatic rings. The topological polar surface area (TPSA) is 161 Å². The molecule has 1 saturated heterocycles. The number of nitrogens with one attached hydrogen (secondary N) is 2. The fourth-order valence-electron chi connectivity index (χ4n) is 5.24. The monoisotopic (exact) mass is 696 g/mol. The van der Waals surface area contributed by atoms with Crippen LogP contribution < -0.4 is 24.6 Å². The first-order valence-electron chi connectivity index (χ1n) is 13.0. The number of amides is 3. The summed E-state index contributed by atoms with van der Waals surface area (Å²) in [7, 11) is 1.54. The highest BCUT2D eigenvalue weighted by atomic mass is 79.9. The number of hydrogen-bond donors (Lipinski definition) is 2. The standard InChI is InChI=1S/C29H21BrN4O8S2/c1-41-18-9-3-15(4-10-18)31-21(35)13-42-20-11-2-14(30)12-19(20)22-23-25(43-26-24(22)44-29(38)32-26)28(37)33(27(23)36)16-5-7-17(8-6-16)34(39)40/h2-12,22-23,25H,13H2,1H3,(H,31,35)(H,32,38). The number of carbonyl (C=O) groups is 3. The van der Waals surface area contributed by atoms with Crippen LogP contribution in [0.1, 0.15) is 16.4 Å². The molecular weight excluding hydrogens is 676 g/mol. The molecule has 224 valence electrons. The summed E-state index contributed by atoms with van der Waals surface area (Å²) in [6.07, 6.45) is 0. The van der Waals surface area contributed by atoms with Gasteiger partial charge in [-0.3, -0.25) is 29.3 Å². The molecule has 0 spiro atoms. The molecular formula is C29H21BrN4O8S2. The van der Waals surface area contributed by atoms with Crippen LogP contribution in [0.4, 0.5) is 17.1 Å². The molecule has 3 unspecified atom stereocenters. The molecule has 12 nitrogen and oxygen atoms in total. The Morgan fingerprint density at radius 3 is 2.48 bits per heavy atom. The van der Waals surface area contributed by atoms with E-state index in [-0.39, 0.29) is 22.9 Å². The minimum atomic E-state index is -0.925. The number of fused-ring (bicyclic) bond motifs is 2. The molecule has 1 aromatic heterocycles. The Balaban J connectivity index is 1.33. The van der Waals surface area contributed by atoms with Crippen molar-refractivity contribution in [3.63, 3.8) is 0 Å². The molecule has 0 radical (unpaired) electrons. The van der Waals surface area contributed by atoms with Gasteiger partial charge in [0.2, 0.25) is 11.8 Å². The third-order valence-electron chi connectivity index (χ3n) is 7.18. The van der Waals surface area contributed by atoms with Crippen LogP contribution >= 0.6 is 39.0 Å². The maximum absolute atomic E-state index is 14.0. The van der Waals surface area contributed by atoms with E-state index in [1.54, 1.807) is 49.6 Å². The van der Waals surface area contributed by atoms with Crippen molar-refractivity contribution < 1.29 is 28.8 Å². The highest BCUT2D eigenvalue weighted by Crippen LogP contribution is 2.54. The van der Waals surface area contributed by atoms with Crippen LogP contribution in [0.25, 0.3) is 0 Å². The number of non-ortho nitro benzene ring substituents is 1. The highest BCUT2D eigenvalue weighted by Gasteiger charge is 2.57.